The summed E-state index contributed by atoms with van der Waals surface area (Å²) in [6, 6.07) is 0. The van der Waals surface area contributed by atoms with Gasteiger partial charge in [0.15, 0.2) is 0 Å². The average Bonchev–Trinajstić information content (AvgIpc) is 2.87. The highest BCUT2D eigenvalue weighted by Crippen LogP contribution is 2.39. The molecule has 0 saturated carbocycles. The van der Waals surface area contributed by atoms with E-state index in [2.05, 4.69) is 5.32 Å². The van der Waals surface area contributed by atoms with Gasteiger partial charge in [0, 0.05) is 4.88 Å². The highest BCUT2D eigenvalue weighted by Gasteiger charge is 2.28. The number of hydrogen-bond donors (Lipinski definition) is 1. The number of esters is 1. The first-order valence-corrected chi connectivity index (χ1v) is 6.97. The Bertz CT molecular complexity index is 496. The molecule has 2 rings (SSSR count). The number of aryl methyl sites for hydroxylation is 1. The van der Waals surface area contributed by atoms with Gasteiger partial charge in [0.25, 0.3) is 0 Å². The van der Waals surface area contributed by atoms with Crippen molar-refractivity contribution in [2.45, 2.75) is 31.6 Å². The Labute approximate surface area is 114 Å². The molecule has 98 valence electrons. The minimum absolute atomic E-state index is 0.304. The number of methoxy groups -OCH3 is 1. The molecule has 1 N–H and O–H groups in total. The van der Waals surface area contributed by atoms with E-state index < -0.39 is 11.3 Å². The van der Waals surface area contributed by atoms with Gasteiger partial charge in [-0.2, -0.15) is 0 Å². The van der Waals surface area contributed by atoms with Crippen LogP contribution in [-0.2, 0) is 22.4 Å². The van der Waals surface area contributed by atoms with Gasteiger partial charge in [-0.05, 0) is 31.7 Å². The zero-order valence-electron chi connectivity index (χ0n) is 10.2. The summed E-state index contributed by atoms with van der Waals surface area (Å²) in [5.74, 6) is -0.700. The van der Waals surface area contributed by atoms with Crippen LogP contribution >= 0.6 is 22.9 Å². The predicted octanol–water partition coefficient (Wildman–Crippen LogP) is 2.59. The number of hydrogen-bond acceptors (Lipinski definition) is 4. The summed E-state index contributed by atoms with van der Waals surface area (Å²) >= 11 is 7.16. The SMILES string of the molecule is COC(=O)c1c(NC(=O)[C@@H](C)Cl)sc2c1CCC2. The van der Waals surface area contributed by atoms with Crippen LogP contribution in [0.5, 0.6) is 0 Å². The Morgan fingerprint density at radius 1 is 1.44 bits per heavy atom. The maximum absolute atomic E-state index is 11.8. The molecule has 0 fully saturated rings. The molecular formula is C12H14ClNO3S. The van der Waals surface area contributed by atoms with Crippen molar-refractivity contribution in [1.29, 1.82) is 0 Å². The number of carbonyl (C=O) groups is 2. The van der Waals surface area contributed by atoms with Gasteiger partial charge >= 0.3 is 5.97 Å². The van der Waals surface area contributed by atoms with Gasteiger partial charge in [0.1, 0.15) is 10.4 Å². The summed E-state index contributed by atoms with van der Waals surface area (Å²) in [4.78, 5) is 24.6. The van der Waals surface area contributed by atoms with Crippen molar-refractivity contribution in [3.63, 3.8) is 0 Å². The van der Waals surface area contributed by atoms with Gasteiger partial charge in [-0.3, -0.25) is 4.79 Å². The number of fused-ring (bicyclic) bond motifs is 1. The van der Waals surface area contributed by atoms with E-state index in [0.717, 1.165) is 29.7 Å². The summed E-state index contributed by atoms with van der Waals surface area (Å²) in [5.41, 5.74) is 1.52. The molecule has 6 heteroatoms. The first kappa shape index (κ1) is 13.4. The first-order valence-electron chi connectivity index (χ1n) is 5.72. The lowest BCUT2D eigenvalue weighted by Crippen LogP contribution is -2.21. The third-order valence-electron chi connectivity index (χ3n) is 2.91. The second kappa shape index (κ2) is 5.28. The van der Waals surface area contributed by atoms with Crippen LogP contribution in [0.15, 0.2) is 0 Å². The molecule has 1 heterocycles. The second-order valence-corrected chi connectivity index (χ2v) is 5.92. The molecule has 1 aromatic rings. The number of nitrogens with one attached hydrogen (secondary N) is 1. The maximum Gasteiger partial charge on any atom is 0.341 e. The predicted molar refractivity (Wildman–Crippen MR) is 71.6 cm³/mol. The molecule has 1 aliphatic carbocycles. The summed E-state index contributed by atoms with van der Waals surface area (Å²) < 4.78 is 4.79. The van der Waals surface area contributed by atoms with Crippen molar-refractivity contribution < 1.29 is 14.3 Å². The van der Waals surface area contributed by atoms with Gasteiger partial charge in [0.05, 0.1) is 12.7 Å². The fraction of sp³-hybridized carbons (Fsp3) is 0.500. The standard InChI is InChI=1S/C12H14ClNO3S/c1-6(13)10(15)14-11-9(12(16)17-2)7-4-3-5-8(7)18-11/h6H,3-5H2,1-2H3,(H,14,15)/t6-/m1/s1. The van der Waals surface area contributed by atoms with E-state index in [-0.39, 0.29) is 5.91 Å². The van der Waals surface area contributed by atoms with Crippen LogP contribution in [0.4, 0.5) is 5.00 Å². The highest BCUT2D eigenvalue weighted by molar-refractivity contribution is 7.17. The summed E-state index contributed by atoms with van der Waals surface area (Å²) in [6.45, 7) is 1.59. The molecule has 18 heavy (non-hydrogen) atoms. The van der Waals surface area contributed by atoms with E-state index in [1.807, 2.05) is 0 Å². The molecule has 1 amide bonds. The lowest BCUT2D eigenvalue weighted by Gasteiger charge is -2.07. The Hall–Kier alpha value is -1.07. The number of alkyl halides is 1. The average molecular weight is 288 g/mol. The van der Waals surface area contributed by atoms with Crippen molar-refractivity contribution in [1.82, 2.24) is 0 Å². The van der Waals surface area contributed by atoms with Crippen LogP contribution in [0.2, 0.25) is 0 Å². The largest absolute Gasteiger partial charge is 0.465 e. The third kappa shape index (κ3) is 2.37. The number of thiophene rings is 1. The van der Waals surface area contributed by atoms with E-state index >= 15 is 0 Å². The highest BCUT2D eigenvalue weighted by atomic mass is 35.5. The molecule has 0 radical (unpaired) electrons. The molecule has 0 spiro atoms. The Balaban J connectivity index is 2.35. The summed E-state index contributed by atoms with van der Waals surface area (Å²) in [6.07, 6.45) is 2.87. The zero-order valence-corrected chi connectivity index (χ0v) is 11.8. The smallest absolute Gasteiger partial charge is 0.341 e. The van der Waals surface area contributed by atoms with E-state index in [0.29, 0.717) is 10.6 Å². The molecular weight excluding hydrogens is 274 g/mol. The monoisotopic (exact) mass is 287 g/mol. The molecule has 0 unspecified atom stereocenters. The fourth-order valence-electron chi connectivity index (χ4n) is 2.02. The maximum atomic E-state index is 11.8. The van der Waals surface area contributed by atoms with Crippen LogP contribution in [0.1, 0.15) is 34.1 Å². The molecule has 0 bridgehead atoms. The van der Waals surface area contributed by atoms with Gasteiger partial charge in [-0.15, -0.1) is 22.9 Å². The quantitative estimate of drug-likeness (QED) is 0.687. The van der Waals surface area contributed by atoms with Gasteiger partial charge in [-0.25, -0.2) is 4.79 Å². The minimum atomic E-state index is -0.632. The van der Waals surface area contributed by atoms with Gasteiger partial charge < -0.3 is 10.1 Å². The molecule has 0 aliphatic heterocycles. The number of amides is 1. The molecule has 1 aliphatic rings. The number of ether oxygens (including phenoxy) is 1. The summed E-state index contributed by atoms with van der Waals surface area (Å²) in [5, 5.41) is 2.63. The van der Waals surface area contributed by atoms with E-state index in [9.17, 15) is 9.59 Å². The Morgan fingerprint density at radius 3 is 2.78 bits per heavy atom. The van der Waals surface area contributed by atoms with Crippen LogP contribution < -0.4 is 5.32 Å². The number of carbonyl (C=O) groups excluding carboxylic acids is 2. The molecule has 1 atom stereocenters. The summed E-state index contributed by atoms with van der Waals surface area (Å²) in [7, 11) is 1.34. The third-order valence-corrected chi connectivity index (χ3v) is 4.31. The van der Waals surface area contributed by atoms with E-state index in [4.69, 9.17) is 16.3 Å². The Morgan fingerprint density at radius 2 is 2.17 bits per heavy atom. The molecule has 4 nitrogen and oxygen atoms in total. The molecule has 0 saturated heterocycles. The van der Waals surface area contributed by atoms with Crippen molar-refractivity contribution >= 4 is 39.8 Å². The second-order valence-electron chi connectivity index (χ2n) is 4.16. The Kier molecular flexibility index (Phi) is 3.92. The van der Waals surface area contributed by atoms with Gasteiger partial charge in [-0.1, -0.05) is 0 Å². The van der Waals surface area contributed by atoms with Crippen molar-refractivity contribution in [3.8, 4) is 0 Å². The van der Waals surface area contributed by atoms with Crippen LogP contribution in [0, 0.1) is 0 Å². The fourth-order valence-corrected chi connectivity index (χ4v) is 3.36. The molecule has 0 aromatic carbocycles. The zero-order chi connectivity index (χ0) is 13.3. The van der Waals surface area contributed by atoms with Crippen LogP contribution in [0.3, 0.4) is 0 Å². The van der Waals surface area contributed by atoms with Crippen molar-refractivity contribution in [2.24, 2.45) is 0 Å². The number of anilines is 1. The topological polar surface area (TPSA) is 55.4 Å². The van der Waals surface area contributed by atoms with Crippen molar-refractivity contribution in [2.75, 3.05) is 12.4 Å². The lowest BCUT2D eigenvalue weighted by atomic mass is 10.1. The van der Waals surface area contributed by atoms with E-state index in [1.54, 1.807) is 6.92 Å². The van der Waals surface area contributed by atoms with Gasteiger partial charge in [0.2, 0.25) is 5.91 Å². The van der Waals surface area contributed by atoms with E-state index in [1.165, 1.54) is 18.4 Å². The minimum Gasteiger partial charge on any atom is -0.465 e. The number of rotatable bonds is 3. The normalized spacial score (nSPS) is 15.1. The van der Waals surface area contributed by atoms with Crippen molar-refractivity contribution in [3.05, 3.63) is 16.0 Å². The van der Waals surface area contributed by atoms with Crippen LogP contribution in [0.25, 0.3) is 0 Å². The lowest BCUT2D eigenvalue weighted by molar-refractivity contribution is -0.115. The first-order chi connectivity index (χ1) is 8.54. The van der Waals surface area contributed by atoms with Crippen LogP contribution in [-0.4, -0.2) is 24.4 Å². The molecule has 1 aromatic heterocycles. The number of halogens is 1.